The van der Waals surface area contributed by atoms with E-state index in [2.05, 4.69) is 55.1 Å². The summed E-state index contributed by atoms with van der Waals surface area (Å²) in [7, 11) is 1.82. The molecular weight excluding hydrogens is 521 g/mol. The lowest BCUT2D eigenvalue weighted by molar-refractivity contribution is -0.439. The van der Waals surface area contributed by atoms with Crippen LogP contribution in [0.3, 0.4) is 0 Å². The highest BCUT2D eigenvalue weighted by molar-refractivity contribution is 8.11. The lowest BCUT2D eigenvalue weighted by Gasteiger charge is -2.24. The Morgan fingerprint density at radius 1 is 1.21 bits per heavy atom. The number of hydrogen-bond donors (Lipinski definition) is 0. The Hall–Kier alpha value is -3.23. The summed E-state index contributed by atoms with van der Waals surface area (Å²) >= 11 is 0.298. The Morgan fingerprint density at radius 3 is 2.53 bits per heavy atom. The van der Waals surface area contributed by atoms with Crippen LogP contribution in [0, 0.1) is 12.8 Å². The highest BCUT2D eigenvalue weighted by Crippen LogP contribution is 2.32. The fourth-order valence-corrected chi connectivity index (χ4v) is 4.47. The van der Waals surface area contributed by atoms with Crippen LogP contribution in [-0.2, 0) is 22.7 Å². The van der Waals surface area contributed by atoms with Crippen molar-refractivity contribution in [1.82, 2.24) is 24.4 Å². The lowest BCUT2D eigenvalue weighted by atomic mass is 10.2. The van der Waals surface area contributed by atoms with Crippen molar-refractivity contribution in [3.63, 3.8) is 0 Å². The molecule has 0 saturated carbocycles. The number of hydrogen-bond acceptors (Lipinski definition) is 9. The van der Waals surface area contributed by atoms with Gasteiger partial charge in [0.1, 0.15) is 17.1 Å². The predicted molar refractivity (Wildman–Crippen MR) is 140 cm³/mol. The molecule has 38 heavy (non-hydrogen) atoms. The van der Waals surface area contributed by atoms with Crippen molar-refractivity contribution < 1.29 is 22.4 Å². The van der Waals surface area contributed by atoms with Gasteiger partial charge in [-0.15, -0.1) is 22.4 Å². The van der Waals surface area contributed by atoms with E-state index in [4.69, 9.17) is 4.98 Å². The number of imidazole rings is 1. The number of anilines is 1. The second-order valence-electron chi connectivity index (χ2n) is 9.04. The van der Waals surface area contributed by atoms with Crippen LogP contribution in [0.5, 0.6) is 0 Å². The van der Waals surface area contributed by atoms with E-state index >= 15 is 0 Å². The fraction of sp³-hybridized carbons (Fsp3) is 0.458. The predicted octanol–water partition coefficient (Wildman–Crippen LogP) is 5.44. The average molecular weight is 551 g/mol. The van der Waals surface area contributed by atoms with E-state index in [0.717, 1.165) is 30.2 Å². The van der Waals surface area contributed by atoms with Crippen LogP contribution in [0.25, 0.3) is 11.4 Å². The number of aliphatic imine (C=N–C) groups is 1. The van der Waals surface area contributed by atoms with Crippen molar-refractivity contribution in [3.05, 3.63) is 41.6 Å². The molecule has 10 nitrogen and oxygen atoms in total. The standard InChI is InChI=1S/C24H29F3N8O2S/c1-7-17-21(18-11-15(5)33(6)31-18)35-22(29-17)20(23(32-35)38-37-36-24(25,26)27)30-19-10-9-16(12-28-19)34(8-2)13-14(3)4/h9-12,14H,7-8,13H2,1-6H3. The van der Waals surface area contributed by atoms with E-state index in [1.165, 1.54) is 4.68 Å². The van der Waals surface area contributed by atoms with E-state index < -0.39 is 6.36 Å². The number of aryl methyl sites for hydroxylation is 3. The molecule has 0 radical (unpaired) electrons. The zero-order valence-corrected chi connectivity index (χ0v) is 22.8. The molecule has 0 amide bonds. The Bertz CT molecular complexity index is 1330. The van der Waals surface area contributed by atoms with Gasteiger partial charge in [-0.3, -0.25) is 4.68 Å². The van der Waals surface area contributed by atoms with Crippen LogP contribution < -0.4 is 4.90 Å². The number of aromatic nitrogens is 5. The van der Waals surface area contributed by atoms with Crippen molar-refractivity contribution in [2.45, 2.75) is 47.4 Å². The number of nitrogens with zero attached hydrogens (tertiary/aromatic N) is 8. The quantitative estimate of drug-likeness (QED) is 0.199. The Kier molecular flexibility index (Phi) is 8.23. The van der Waals surface area contributed by atoms with Gasteiger partial charge < -0.3 is 4.90 Å². The largest absolute Gasteiger partial charge is 0.550 e. The molecule has 1 aliphatic heterocycles. The van der Waals surface area contributed by atoms with Gasteiger partial charge in [0, 0.05) is 25.8 Å². The highest BCUT2D eigenvalue weighted by Gasteiger charge is 2.35. The van der Waals surface area contributed by atoms with Crippen molar-refractivity contribution in [1.29, 1.82) is 0 Å². The fourth-order valence-electron chi connectivity index (χ4n) is 3.97. The molecule has 0 fully saturated rings. The molecule has 0 spiro atoms. The van der Waals surface area contributed by atoms with Crippen LogP contribution >= 0.6 is 12.0 Å². The monoisotopic (exact) mass is 550 g/mol. The highest BCUT2D eigenvalue weighted by atomic mass is 32.2. The first-order valence-corrected chi connectivity index (χ1v) is 12.9. The molecule has 4 rings (SSSR count). The van der Waals surface area contributed by atoms with E-state index in [1.54, 1.807) is 16.9 Å². The number of rotatable bonds is 9. The van der Waals surface area contributed by atoms with Crippen molar-refractivity contribution >= 4 is 34.3 Å². The molecule has 0 bridgehead atoms. The Labute approximate surface area is 222 Å². The van der Waals surface area contributed by atoms with Gasteiger partial charge in [-0.2, -0.15) is 10.2 Å². The van der Waals surface area contributed by atoms with E-state index in [-0.39, 0.29) is 10.8 Å². The van der Waals surface area contributed by atoms with Gasteiger partial charge in [-0.05, 0) is 44.4 Å². The topological polar surface area (TPSA) is 95.0 Å². The summed E-state index contributed by atoms with van der Waals surface area (Å²) in [6.45, 7) is 11.9. The number of pyridine rings is 1. The summed E-state index contributed by atoms with van der Waals surface area (Å²) < 4.78 is 45.2. The van der Waals surface area contributed by atoms with Gasteiger partial charge in [0.05, 0.1) is 29.6 Å². The first-order chi connectivity index (χ1) is 18.0. The molecule has 1 aliphatic rings. The average Bonchev–Trinajstić information content (AvgIpc) is 3.48. The SMILES string of the molecule is CCc1nc2n(c1-c1cc(C)n(C)n1)N=C(SOOC(F)(F)F)C2=Nc1ccc(N(CC)CC(C)C)cn1. The molecule has 4 heterocycles. The van der Waals surface area contributed by atoms with E-state index in [9.17, 15) is 13.2 Å². The van der Waals surface area contributed by atoms with Crippen molar-refractivity contribution in [2.75, 3.05) is 18.0 Å². The molecule has 3 aromatic heterocycles. The van der Waals surface area contributed by atoms with Gasteiger partial charge in [0.15, 0.2) is 16.7 Å². The third-order valence-corrected chi connectivity index (χ3v) is 6.32. The Balaban J connectivity index is 1.74. The molecule has 0 saturated heterocycles. The molecule has 0 unspecified atom stereocenters. The molecule has 3 aromatic rings. The summed E-state index contributed by atoms with van der Waals surface area (Å²) in [4.78, 5) is 19.5. The summed E-state index contributed by atoms with van der Waals surface area (Å²) in [5.74, 6) is 1.17. The summed E-state index contributed by atoms with van der Waals surface area (Å²) in [5, 5.41) is 9.05. The molecule has 0 atom stereocenters. The van der Waals surface area contributed by atoms with Crippen LogP contribution in [0.4, 0.5) is 24.7 Å². The number of alkyl halides is 3. The minimum absolute atomic E-state index is 0.0363. The Morgan fingerprint density at radius 2 is 1.97 bits per heavy atom. The second-order valence-corrected chi connectivity index (χ2v) is 9.73. The zero-order valence-electron chi connectivity index (χ0n) is 21.9. The van der Waals surface area contributed by atoms with Gasteiger partial charge >= 0.3 is 6.36 Å². The van der Waals surface area contributed by atoms with Gasteiger partial charge in [-0.25, -0.2) is 19.6 Å². The van der Waals surface area contributed by atoms with E-state index in [1.807, 2.05) is 33.0 Å². The summed E-state index contributed by atoms with van der Waals surface area (Å²) in [6.07, 6.45) is -2.67. The molecule has 0 aliphatic carbocycles. The van der Waals surface area contributed by atoms with Crippen LogP contribution in [-0.4, -0.2) is 54.6 Å². The summed E-state index contributed by atoms with van der Waals surface area (Å²) in [6, 6.07) is 5.55. The molecule has 204 valence electrons. The molecule has 0 aromatic carbocycles. The molecule has 0 N–H and O–H groups in total. The smallest absolute Gasteiger partial charge is 0.370 e. The zero-order chi connectivity index (χ0) is 27.6. The number of fused-ring (bicyclic) bond motifs is 1. The summed E-state index contributed by atoms with van der Waals surface area (Å²) in [5.41, 5.74) is 4.07. The maximum Gasteiger partial charge on any atom is 0.550 e. The van der Waals surface area contributed by atoms with Crippen LogP contribution in [0.15, 0.2) is 34.5 Å². The number of halogens is 3. The first-order valence-electron chi connectivity index (χ1n) is 12.1. The van der Waals surface area contributed by atoms with Gasteiger partial charge in [0.2, 0.25) is 0 Å². The third-order valence-electron chi connectivity index (χ3n) is 5.76. The molecule has 14 heteroatoms. The maximum absolute atomic E-state index is 12.5. The van der Waals surface area contributed by atoms with Gasteiger partial charge in [0.25, 0.3) is 0 Å². The van der Waals surface area contributed by atoms with Crippen LogP contribution in [0.1, 0.15) is 44.9 Å². The van der Waals surface area contributed by atoms with Crippen molar-refractivity contribution in [2.24, 2.45) is 23.1 Å². The first kappa shape index (κ1) is 27.8. The van der Waals surface area contributed by atoms with Gasteiger partial charge in [-0.1, -0.05) is 20.8 Å². The minimum atomic E-state index is -4.97. The second kappa shape index (κ2) is 11.3. The van der Waals surface area contributed by atoms with Crippen molar-refractivity contribution in [3.8, 4) is 11.4 Å². The molecular formula is C24H29F3N8O2S. The minimum Gasteiger partial charge on any atom is -0.370 e. The normalized spacial score (nSPS) is 14.5. The lowest BCUT2D eigenvalue weighted by Crippen LogP contribution is -2.27. The van der Waals surface area contributed by atoms with Crippen LogP contribution in [0.2, 0.25) is 0 Å². The third kappa shape index (κ3) is 6.08. The maximum atomic E-state index is 12.5. The van der Waals surface area contributed by atoms with E-state index in [0.29, 0.717) is 47.4 Å².